The molecule has 0 amide bonds. The smallest absolute Gasteiger partial charge is 0.313 e. The highest BCUT2D eigenvalue weighted by Crippen LogP contribution is 2.27. The minimum absolute atomic E-state index is 0.176. The van der Waals surface area contributed by atoms with Gasteiger partial charge in [0.1, 0.15) is 12.0 Å². The molecule has 1 saturated heterocycles. The van der Waals surface area contributed by atoms with Crippen LogP contribution in [-0.2, 0) is 19.1 Å². The maximum absolute atomic E-state index is 11.6. The molecule has 1 rings (SSSR count). The van der Waals surface area contributed by atoms with Crippen molar-refractivity contribution >= 4 is 11.9 Å². The Bertz CT molecular complexity index is 249. The lowest BCUT2D eigenvalue weighted by Crippen LogP contribution is -2.26. The molecule has 92 valence electrons. The first kappa shape index (κ1) is 13.0. The van der Waals surface area contributed by atoms with Crippen molar-refractivity contribution in [1.29, 1.82) is 0 Å². The van der Waals surface area contributed by atoms with Crippen LogP contribution in [0.5, 0.6) is 0 Å². The summed E-state index contributed by atoms with van der Waals surface area (Å²) in [7, 11) is 0. The fourth-order valence-corrected chi connectivity index (χ4v) is 1.95. The highest BCUT2D eigenvalue weighted by Gasteiger charge is 2.40. The normalized spacial score (nSPS) is 24.2. The van der Waals surface area contributed by atoms with E-state index in [0.29, 0.717) is 6.61 Å². The van der Waals surface area contributed by atoms with E-state index in [1.54, 1.807) is 6.92 Å². The Hall–Kier alpha value is -1.06. The van der Waals surface area contributed by atoms with E-state index in [-0.39, 0.29) is 30.4 Å². The SMILES string of the molecule is CCCCC[C@@H]1OC(=O)C[C@H]1C(=O)OCC. The van der Waals surface area contributed by atoms with Gasteiger partial charge in [0, 0.05) is 0 Å². The Labute approximate surface area is 96.3 Å². The number of carbonyl (C=O) groups excluding carboxylic acids is 2. The van der Waals surface area contributed by atoms with Crippen LogP contribution in [-0.4, -0.2) is 24.6 Å². The first-order valence-electron chi connectivity index (χ1n) is 6.05. The summed E-state index contributed by atoms with van der Waals surface area (Å²) in [5, 5.41) is 0. The number of ether oxygens (including phenoxy) is 2. The van der Waals surface area contributed by atoms with Crippen molar-refractivity contribution in [3.05, 3.63) is 0 Å². The third kappa shape index (κ3) is 3.51. The average molecular weight is 228 g/mol. The molecule has 1 fully saturated rings. The van der Waals surface area contributed by atoms with Gasteiger partial charge in [0.25, 0.3) is 0 Å². The van der Waals surface area contributed by atoms with Crippen LogP contribution >= 0.6 is 0 Å². The van der Waals surface area contributed by atoms with E-state index in [1.807, 2.05) is 0 Å². The molecule has 1 aliphatic heterocycles. The lowest BCUT2D eigenvalue weighted by atomic mass is 9.97. The second-order valence-corrected chi connectivity index (χ2v) is 4.09. The highest BCUT2D eigenvalue weighted by molar-refractivity contribution is 5.83. The van der Waals surface area contributed by atoms with E-state index < -0.39 is 0 Å². The van der Waals surface area contributed by atoms with Crippen LogP contribution in [0.1, 0.15) is 46.0 Å². The van der Waals surface area contributed by atoms with E-state index in [4.69, 9.17) is 9.47 Å². The lowest BCUT2D eigenvalue weighted by Gasteiger charge is -2.15. The molecule has 0 radical (unpaired) electrons. The molecule has 0 aromatic carbocycles. The second-order valence-electron chi connectivity index (χ2n) is 4.09. The number of hydrogen-bond donors (Lipinski definition) is 0. The summed E-state index contributed by atoms with van der Waals surface area (Å²) in [6.45, 7) is 4.23. The van der Waals surface area contributed by atoms with Crippen molar-refractivity contribution in [2.75, 3.05) is 6.61 Å². The molecule has 4 nitrogen and oxygen atoms in total. The summed E-state index contributed by atoms with van der Waals surface area (Å²) in [5.41, 5.74) is 0. The lowest BCUT2D eigenvalue weighted by molar-refractivity contribution is -0.150. The van der Waals surface area contributed by atoms with E-state index in [1.165, 1.54) is 0 Å². The van der Waals surface area contributed by atoms with Gasteiger partial charge in [-0.2, -0.15) is 0 Å². The third-order valence-corrected chi connectivity index (χ3v) is 2.80. The van der Waals surface area contributed by atoms with Gasteiger partial charge >= 0.3 is 11.9 Å². The largest absolute Gasteiger partial charge is 0.466 e. The highest BCUT2D eigenvalue weighted by atomic mass is 16.6. The summed E-state index contributed by atoms with van der Waals surface area (Å²) >= 11 is 0. The van der Waals surface area contributed by atoms with Crippen molar-refractivity contribution in [2.24, 2.45) is 5.92 Å². The van der Waals surface area contributed by atoms with Crippen molar-refractivity contribution in [3.63, 3.8) is 0 Å². The molecule has 2 atom stereocenters. The molecule has 0 aliphatic carbocycles. The van der Waals surface area contributed by atoms with Gasteiger partial charge in [-0.15, -0.1) is 0 Å². The Balaban J connectivity index is 2.45. The molecule has 0 aromatic heterocycles. The van der Waals surface area contributed by atoms with E-state index >= 15 is 0 Å². The number of hydrogen-bond acceptors (Lipinski definition) is 4. The van der Waals surface area contributed by atoms with Crippen molar-refractivity contribution < 1.29 is 19.1 Å². The third-order valence-electron chi connectivity index (χ3n) is 2.80. The first-order valence-corrected chi connectivity index (χ1v) is 6.05. The molecule has 0 unspecified atom stereocenters. The summed E-state index contributed by atoms with van der Waals surface area (Å²) in [6.07, 6.45) is 3.88. The predicted octanol–water partition coefficient (Wildman–Crippen LogP) is 2.06. The van der Waals surface area contributed by atoms with Gasteiger partial charge in [-0.05, 0) is 19.8 Å². The Morgan fingerprint density at radius 3 is 2.81 bits per heavy atom. The second kappa shape index (κ2) is 6.51. The van der Waals surface area contributed by atoms with Crippen LogP contribution in [0, 0.1) is 5.92 Å². The molecule has 1 heterocycles. The molecular formula is C12H20O4. The summed E-state index contributed by atoms with van der Waals surface area (Å²) in [4.78, 5) is 22.8. The van der Waals surface area contributed by atoms with Gasteiger partial charge in [-0.3, -0.25) is 9.59 Å². The Morgan fingerprint density at radius 1 is 1.44 bits per heavy atom. The number of esters is 2. The zero-order valence-electron chi connectivity index (χ0n) is 10.0. The zero-order chi connectivity index (χ0) is 12.0. The van der Waals surface area contributed by atoms with Crippen LogP contribution in [0.3, 0.4) is 0 Å². The zero-order valence-corrected chi connectivity index (χ0v) is 10.0. The Morgan fingerprint density at radius 2 is 2.19 bits per heavy atom. The van der Waals surface area contributed by atoms with Crippen molar-refractivity contribution in [3.8, 4) is 0 Å². The first-order chi connectivity index (χ1) is 7.69. The van der Waals surface area contributed by atoms with Gasteiger partial charge in [0.05, 0.1) is 13.0 Å². The quantitative estimate of drug-likeness (QED) is 0.516. The molecule has 0 spiro atoms. The molecule has 0 aromatic rings. The Kier molecular flexibility index (Phi) is 5.29. The average Bonchev–Trinajstić information content (AvgIpc) is 2.61. The minimum Gasteiger partial charge on any atom is -0.466 e. The molecule has 4 heteroatoms. The van der Waals surface area contributed by atoms with Crippen LogP contribution < -0.4 is 0 Å². The standard InChI is InChI=1S/C12H20O4/c1-3-5-6-7-10-9(8-11(13)16-10)12(14)15-4-2/h9-10H,3-8H2,1-2H3/t9-,10+/m1/s1. The molecule has 0 saturated carbocycles. The number of rotatable bonds is 6. The van der Waals surface area contributed by atoms with Crippen LogP contribution in [0.25, 0.3) is 0 Å². The van der Waals surface area contributed by atoms with Gasteiger partial charge in [0.15, 0.2) is 0 Å². The molecule has 16 heavy (non-hydrogen) atoms. The van der Waals surface area contributed by atoms with E-state index in [0.717, 1.165) is 25.7 Å². The van der Waals surface area contributed by atoms with Crippen molar-refractivity contribution in [1.82, 2.24) is 0 Å². The predicted molar refractivity (Wildman–Crippen MR) is 58.8 cm³/mol. The monoisotopic (exact) mass is 228 g/mol. The molecule has 1 aliphatic rings. The van der Waals surface area contributed by atoms with Crippen LogP contribution in [0.2, 0.25) is 0 Å². The van der Waals surface area contributed by atoms with Crippen LogP contribution in [0.15, 0.2) is 0 Å². The fraction of sp³-hybridized carbons (Fsp3) is 0.833. The maximum atomic E-state index is 11.6. The topological polar surface area (TPSA) is 52.6 Å². The number of carbonyl (C=O) groups is 2. The van der Waals surface area contributed by atoms with Gasteiger partial charge in [-0.1, -0.05) is 19.8 Å². The number of cyclic esters (lactones) is 1. The fourth-order valence-electron chi connectivity index (χ4n) is 1.95. The van der Waals surface area contributed by atoms with Gasteiger partial charge < -0.3 is 9.47 Å². The summed E-state index contributed by atoms with van der Waals surface area (Å²) in [5.74, 6) is -0.960. The molecule has 0 bridgehead atoms. The van der Waals surface area contributed by atoms with E-state index in [2.05, 4.69) is 6.92 Å². The minimum atomic E-state index is -0.385. The summed E-state index contributed by atoms with van der Waals surface area (Å²) < 4.78 is 10.1. The van der Waals surface area contributed by atoms with Crippen molar-refractivity contribution in [2.45, 2.75) is 52.1 Å². The van der Waals surface area contributed by atoms with Gasteiger partial charge in [0.2, 0.25) is 0 Å². The maximum Gasteiger partial charge on any atom is 0.313 e. The number of unbranched alkanes of at least 4 members (excludes halogenated alkanes) is 2. The van der Waals surface area contributed by atoms with Gasteiger partial charge in [-0.25, -0.2) is 0 Å². The van der Waals surface area contributed by atoms with Crippen LogP contribution in [0.4, 0.5) is 0 Å². The van der Waals surface area contributed by atoms with E-state index in [9.17, 15) is 9.59 Å². The summed E-state index contributed by atoms with van der Waals surface area (Å²) in [6, 6.07) is 0. The molecular weight excluding hydrogens is 208 g/mol. The molecule has 0 N–H and O–H groups in total.